The van der Waals surface area contributed by atoms with Gasteiger partial charge in [-0.3, -0.25) is 18.6 Å². The Morgan fingerprint density at radius 2 is 0.707 bits per heavy atom. The predicted molar refractivity (Wildman–Crippen MR) is 356 cm³/mol. The van der Waals surface area contributed by atoms with E-state index in [1.54, 1.807) is 0 Å². The number of phosphoric ester groups is 1. The van der Waals surface area contributed by atoms with Crippen LogP contribution in [0.5, 0.6) is 0 Å². The molecule has 3 atom stereocenters. The number of likely N-dealkylation sites (N-methyl/N-ethyl adjacent to an activating group) is 1. The highest BCUT2D eigenvalue weighted by Crippen LogP contribution is 2.43. The molecule has 484 valence electrons. The number of carbonyl (C=O) groups is 2. The Morgan fingerprint density at radius 3 is 1.04 bits per heavy atom. The Hall–Kier alpha value is -1.77. The third kappa shape index (κ3) is 62.8. The molecule has 0 aromatic rings. The second kappa shape index (κ2) is 62.3. The number of hydrogen-bond acceptors (Lipinski definition) is 6. The summed E-state index contributed by atoms with van der Waals surface area (Å²) in [5, 5.41) is 3.08. The van der Waals surface area contributed by atoms with Gasteiger partial charge in [0.25, 0.3) is 0 Å². The number of nitrogens with zero attached hydrogens (tertiary/aromatic N) is 1. The summed E-state index contributed by atoms with van der Waals surface area (Å²) in [4.78, 5) is 37.9. The highest BCUT2D eigenvalue weighted by molar-refractivity contribution is 7.47. The highest BCUT2D eigenvalue weighted by atomic mass is 31.2. The largest absolute Gasteiger partial charge is 0.472 e. The molecule has 0 saturated carbocycles. The fraction of sp³-hybridized carbons (Fsp3) is 0.889. The van der Waals surface area contributed by atoms with Crippen LogP contribution < -0.4 is 5.32 Å². The van der Waals surface area contributed by atoms with E-state index in [4.69, 9.17) is 13.8 Å². The molecule has 0 saturated heterocycles. The van der Waals surface area contributed by atoms with E-state index in [-0.39, 0.29) is 25.1 Å². The van der Waals surface area contributed by atoms with Gasteiger partial charge >= 0.3 is 13.8 Å². The van der Waals surface area contributed by atoms with Gasteiger partial charge < -0.3 is 19.4 Å². The zero-order valence-corrected chi connectivity index (χ0v) is 56.4. The zero-order valence-electron chi connectivity index (χ0n) is 55.5. The minimum atomic E-state index is -4.45. The summed E-state index contributed by atoms with van der Waals surface area (Å²) in [6.45, 7) is 7.06. The summed E-state index contributed by atoms with van der Waals surface area (Å²) in [6.07, 6.45) is 77.3. The molecule has 3 unspecified atom stereocenters. The minimum Gasteiger partial charge on any atom is -0.456 e. The van der Waals surface area contributed by atoms with Gasteiger partial charge in [0.15, 0.2) is 0 Å². The van der Waals surface area contributed by atoms with Crippen molar-refractivity contribution in [1.29, 1.82) is 0 Å². The number of ether oxygens (including phenoxy) is 1. The Morgan fingerprint density at radius 1 is 0.415 bits per heavy atom. The molecule has 1 amide bonds. The number of phosphoric acid groups is 1. The van der Waals surface area contributed by atoms with E-state index in [0.717, 1.165) is 57.8 Å². The minimum absolute atomic E-state index is 0.0425. The topological polar surface area (TPSA) is 111 Å². The van der Waals surface area contributed by atoms with Crippen LogP contribution in [0.2, 0.25) is 0 Å². The Bertz CT molecular complexity index is 1500. The maximum Gasteiger partial charge on any atom is 0.472 e. The van der Waals surface area contributed by atoms with Crippen LogP contribution in [-0.4, -0.2) is 74.3 Å². The number of rotatable bonds is 66. The summed E-state index contributed by atoms with van der Waals surface area (Å²) in [6, 6.07) is -0.846. The average Bonchev–Trinajstić information content (AvgIpc) is 3.44. The average molecular weight is 1180 g/mol. The van der Waals surface area contributed by atoms with Crippen molar-refractivity contribution in [3.05, 3.63) is 36.5 Å². The number of hydrogen-bond donors (Lipinski definition) is 2. The fourth-order valence-electron chi connectivity index (χ4n) is 10.8. The number of unbranched alkanes of at least 4 members (excludes halogenated alkanes) is 46. The third-order valence-electron chi connectivity index (χ3n) is 16.3. The highest BCUT2D eigenvalue weighted by Gasteiger charge is 2.30. The molecule has 0 aromatic carbocycles. The lowest BCUT2D eigenvalue weighted by Crippen LogP contribution is -2.47. The zero-order chi connectivity index (χ0) is 60.0. The van der Waals surface area contributed by atoms with Crippen molar-refractivity contribution in [3.63, 3.8) is 0 Å². The van der Waals surface area contributed by atoms with E-state index in [0.29, 0.717) is 23.9 Å². The molecule has 0 aliphatic heterocycles. The molecule has 0 rings (SSSR count). The SMILES string of the molecule is CCCCCCCC/C=C/CCCCCCCCCCCCCCCCCC(=O)NC(COP(=O)(O)OCC[N+](C)(C)C)C(/C=C\CCCCCCCCCCCC)OC(=O)CCCCCCCCCCC/C=C/CCCCCCCC. The smallest absolute Gasteiger partial charge is 0.456 e. The van der Waals surface area contributed by atoms with Crippen molar-refractivity contribution in [1.82, 2.24) is 5.32 Å². The fourth-order valence-corrected chi connectivity index (χ4v) is 11.5. The van der Waals surface area contributed by atoms with Crippen molar-refractivity contribution in [2.45, 2.75) is 373 Å². The van der Waals surface area contributed by atoms with Gasteiger partial charge in [0.2, 0.25) is 5.91 Å². The van der Waals surface area contributed by atoms with E-state index in [9.17, 15) is 19.0 Å². The van der Waals surface area contributed by atoms with Crippen LogP contribution >= 0.6 is 7.82 Å². The maximum absolute atomic E-state index is 13.6. The number of esters is 1. The van der Waals surface area contributed by atoms with Gasteiger partial charge in [-0.2, -0.15) is 0 Å². The van der Waals surface area contributed by atoms with Crippen molar-refractivity contribution >= 4 is 19.7 Å². The molecule has 0 radical (unpaired) electrons. The van der Waals surface area contributed by atoms with Crippen LogP contribution in [0.15, 0.2) is 36.5 Å². The van der Waals surface area contributed by atoms with Gasteiger partial charge in [0, 0.05) is 12.8 Å². The molecule has 0 aromatic heterocycles. The molecule has 0 spiro atoms. The van der Waals surface area contributed by atoms with Crippen molar-refractivity contribution in [2.75, 3.05) is 40.9 Å². The second-order valence-electron chi connectivity index (χ2n) is 25.8. The standard InChI is InChI=1S/C72H139N2O7P/c1-7-10-13-16-19-22-25-28-30-32-34-35-36-37-38-39-41-42-44-46-49-52-55-58-61-64-71(75)73-69(68-80-82(77,78)79-67-66-74(4,5)6)70(63-60-57-54-51-48-27-24-21-18-15-12-9-3)81-72(76)65-62-59-56-53-50-47-45-43-40-33-31-29-26-23-20-17-14-11-8-2/h28-31,60,63,69-70H,7-27,32-59,61-62,64-68H2,1-6H3,(H-,73,75,77,78)/p+1/b30-28+,31-29+,63-60-. The van der Waals surface area contributed by atoms with Gasteiger partial charge in [-0.05, 0) is 83.1 Å². The van der Waals surface area contributed by atoms with Crippen molar-refractivity contribution in [2.24, 2.45) is 0 Å². The monoisotopic (exact) mass is 1180 g/mol. The van der Waals surface area contributed by atoms with Gasteiger partial charge in [0.1, 0.15) is 19.3 Å². The number of nitrogens with one attached hydrogen (secondary N) is 1. The molecular formula is C72H140N2O7P+. The van der Waals surface area contributed by atoms with Crippen LogP contribution in [0, 0.1) is 0 Å². The van der Waals surface area contributed by atoms with Crippen LogP contribution in [0.4, 0.5) is 0 Å². The number of carbonyl (C=O) groups excluding carboxylic acids is 2. The summed E-state index contributed by atoms with van der Waals surface area (Å²) in [5.41, 5.74) is 0. The Balaban J connectivity index is 5.02. The van der Waals surface area contributed by atoms with Gasteiger partial charge in [-0.1, -0.05) is 302 Å². The van der Waals surface area contributed by atoms with Crippen molar-refractivity contribution < 1.29 is 37.3 Å². The number of allylic oxidation sites excluding steroid dienone is 5. The molecular weight excluding hydrogens is 1040 g/mol. The van der Waals surface area contributed by atoms with Crippen LogP contribution in [-0.2, 0) is 27.9 Å². The molecule has 0 aliphatic carbocycles. The first-order chi connectivity index (χ1) is 39.9. The first kappa shape index (κ1) is 80.2. The molecule has 0 aliphatic rings. The lowest BCUT2D eigenvalue weighted by atomic mass is 10.0. The number of amides is 1. The summed E-state index contributed by atoms with van der Waals surface area (Å²) >= 11 is 0. The lowest BCUT2D eigenvalue weighted by molar-refractivity contribution is -0.870. The Labute approximate surface area is 510 Å². The first-order valence-electron chi connectivity index (χ1n) is 35.8. The molecule has 82 heavy (non-hydrogen) atoms. The molecule has 0 heterocycles. The normalized spacial score (nSPS) is 13.7. The second-order valence-corrected chi connectivity index (χ2v) is 27.2. The van der Waals surface area contributed by atoms with E-state index < -0.39 is 20.0 Å². The predicted octanol–water partition coefficient (Wildman–Crippen LogP) is 22.6. The summed E-state index contributed by atoms with van der Waals surface area (Å²) < 4.78 is 30.8. The van der Waals surface area contributed by atoms with Crippen molar-refractivity contribution in [3.8, 4) is 0 Å². The van der Waals surface area contributed by atoms with E-state index in [1.807, 2.05) is 33.3 Å². The molecule has 2 N–H and O–H groups in total. The van der Waals surface area contributed by atoms with Crippen LogP contribution in [0.25, 0.3) is 0 Å². The molecule has 10 heteroatoms. The summed E-state index contributed by atoms with van der Waals surface area (Å²) in [5.74, 6) is -0.489. The van der Waals surface area contributed by atoms with E-state index in [2.05, 4.69) is 50.4 Å². The third-order valence-corrected chi connectivity index (χ3v) is 17.3. The summed E-state index contributed by atoms with van der Waals surface area (Å²) in [7, 11) is 1.51. The van der Waals surface area contributed by atoms with Gasteiger partial charge in [-0.25, -0.2) is 4.57 Å². The van der Waals surface area contributed by atoms with E-state index >= 15 is 0 Å². The quantitative estimate of drug-likeness (QED) is 0.0205. The van der Waals surface area contributed by atoms with Gasteiger partial charge in [0.05, 0.1) is 33.8 Å². The molecule has 9 nitrogen and oxygen atoms in total. The number of quaternary nitrogens is 1. The first-order valence-corrected chi connectivity index (χ1v) is 37.3. The maximum atomic E-state index is 13.6. The van der Waals surface area contributed by atoms with Gasteiger partial charge in [-0.15, -0.1) is 0 Å². The van der Waals surface area contributed by atoms with E-state index in [1.165, 1.54) is 270 Å². The molecule has 0 bridgehead atoms. The Kier molecular flexibility index (Phi) is 60.9. The van der Waals surface area contributed by atoms with Crippen LogP contribution in [0.1, 0.15) is 361 Å². The lowest BCUT2D eigenvalue weighted by Gasteiger charge is -2.27. The molecule has 0 fully saturated rings. The van der Waals surface area contributed by atoms with Crippen LogP contribution in [0.3, 0.4) is 0 Å².